The molecule has 2 aliphatic rings. The minimum atomic E-state index is 0.0869. The molecule has 0 N–H and O–H groups in total. The number of likely N-dealkylation sites (N-methyl/N-ethyl adjacent to an activating group) is 1. The van der Waals surface area contributed by atoms with Gasteiger partial charge in [0.15, 0.2) is 0 Å². The Balaban J connectivity index is 1.64. The van der Waals surface area contributed by atoms with Gasteiger partial charge in [0.1, 0.15) is 0 Å². The summed E-state index contributed by atoms with van der Waals surface area (Å²) in [5, 5.41) is 0. The number of likely N-dealkylation sites (tertiary alicyclic amines) is 1. The van der Waals surface area contributed by atoms with Crippen LogP contribution in [0.1, 0.15) is 49.9 Å². The molecule has 3 heterocycles. The van der Waals surface area contributed by atoms with Crippen molar-refractivity contribution >= 4 is 11.9 Å². The molecule has 0 spiro atoms. The monoisotopic (exact) mass is 331 g/mol. The van der Waals surface area contributed by atoms with Crippen LogP contribution < -0.4 is 4.90 Å². The predicted molar refractivity (Wildman–Crippen MR) is 95.3 cm³/mol. The van der Waals surface area contributed by atoms with Crippen LogP contribution in [0.15, 0.2) is 12.4 Å². The number of piperidine rings is 1. The van der Waals surface area contributed by atoms with Crippen LogP contribution in [-0.4, -0.2) is 71.0 Å². The summed E-state index contributed by atoms with van der Waals surface area (Å²) in [7, 11) is 0. The number of nitrogens with zero attached hydrogens (tertiary/aromatic N) is 5. The van der Waals surface area contributed by atoms with E-state index in [0.717, 1.165) is 64.5 Å². The number of aromatic nitrogens is 2. The Hall–Kier alpha value is -1.69. The molecule has 0 aromatic carbocycles. The molecule has 0 bridgehead atoms. The number of carbonyl (C=O) groups excluding carboxylic acids is 1. The number of piperazine rings is 1. The second-order valence-electron chi connectivity index (χ2n) is 6.75. The van der Waals surface area contributed by atoms with Crippen molar-refractivity contribution in [2.75, 3.05) is 44.2 Å². The van der Waals surface area contributed by atoms with Crippen LogP contribution in [0.3, 0.4) is 0 Å². The van der Waals surface area contributed by atoms with E-state index < -0.39 is 0 Å². The van der Waals surface area contributed by atoms with E-state index in [-0.39, 0.29) is 5.91 Å². The van der Waals surface area contributed by atoms with Gasteiger partial charge in [0.25, 0.3) is 5.91 Å². The maximum Gasteiger partial charge on any atom is 0.257 e. The maximum absolute atomic E-state index is 12.8. The predicted octanol–water partition coefficient (Wildman–Crippen LogP) is 2.02. The number of amides is 1. The highest BCUT2D eigenvalue weighted by atomic mass is 16.2. The third kappa shape index (κ3) is 3.69. The van der Waals surface area contributed by atoms with Gasteiger partial charge in [-0.1, -0.05) is 13.8 Å². The van der Waals surface area contributed by atoms with E-state index in [0.29, 0.717) is 11.6 Å². The van der Waals surface area contributed by atoms with Gasteiger partial charge in [0.05, 0.1) is 5.56 Å². The van der Waals surface area contributed by atoms with Crippen molar-refractivity contribution < 1.29 is 4.79 Å². The Kier molecular flexibility index (Phi) is 5.66. The van der Waals surface area contributed by atoms with E-state index in [4.69, 9.17) is 0 Å². The number of rotatable bonds is 4. The fraction of sp³-hybridized carbons (Fsp3) is 0.722. The largest absolute Gasteiger partial charge is 0.338 e. The molecule has 1 unspecified atom stereocenters. The van der Waals surface area contributed by atoms with Gasteiger partial charge in [-0.05, 0) is 32.2 Å². The molecule has 132 valence electrons. The molecule has 2 saturated heterocycles. The highest BCUT2D eigenvalue weighted by Gasteiger charge is 2.27. The van der Waals surface area contributed by atoms with E-state index in [9.17, 15) is 4.79 Å². The summed E-state index contributed by atoms with van der Waals surface area (Å²) >= 11 is 0. The van der Waals surface area contributed by atoms with E-state index >= 15 is 0 Å². The molecule has 1 atom stereocenters. The summed E-state index contributed by atoms with van der Waals surface area (Å²) in [6.07, 6.45) is 7.87. The molecule has 0 aliphatic carbocycles. The Morgan fingerprint density at radius 2 is 1.79 bits per heavy atom. The number of hydrogen-bond acceptors (Lipinski definition) is 5. The van der Waals surface area contributed by atoms with Crippen LogP contribution in [0.4, 0.5) is 5.95 Å². The van der Waals surface area contributed by atoms with Gasteiger partial charge in [0, 0.05) is 51.2 Å². The van der Waals surface area contributed by atoms with Crippen LogP contribution in [0.2, 0.25) is 0 Å². The van der Waals surface area contributed by atoms with Gasteiger partial charge >= 0.3 is 0 Å². The first-order valence-corrected chi connectivity index (χ1v) is 9.33. The lowest BCUT2D eigenvalue weighted by Crippen LogP contribution is -2.46. The Morgan fingerprint density at radius 3 is 2.42 bits per heavy atom. The van der Waals surface area contributed by atoms with E-state index in [1.165, 1.54) is 6.42 Å². The topological polar surface area (TPSA) is 52.6 Å². The summed E-state index contributed by atoms with van der Waals surface area (Å²) in [4.78, 5) is 28.3. The molecule has 0 radical (unpaired) electrons. The first-order valence-electron chi connectivity index (χ1n) is 9.33. The average Bonchev–Trinajstić information content (AvgIpc) is 2.67. The molecule has 6 nitrogen and oxygen atoms in total. The SMILES string of the molecule is CCC1CCCCN1C(=O)c1cnc(N2CCN(CC)CC2)nc1. The zero-order valence-electron chi connectivity index (χ0n) is 14.9. The Morgan fingerprint density at radius 1 is 1.08 bits per heavy atom. The van der Waals surface area contributed by atoms with Crippen LogP contribution in [0.5, 0.6) is 0 Å². The van der Waals surface area contributed by atoms with Gasteiger partial charge in [-0.15, -0.1) is 0 Å². The quantitative estimate of drug-likeness (QED) is 0.845. The summed E-state index contributed by atoms with van der Waals surface area (Å²) in [5.41, 5.74) is 0.617. The van der Waals surface area contributed by atoms with Gasteiger partial charge < -0.3 is 14.7 Å². The molecule has 24 heavy (non-hydrogen) atoms. The summed E-state index contributed by atoms with van der Waals surface area (Å²) in [6, 6.07) is 0.369. The minimum absolute atomic E-state index is 0.0869. The highest BCUT2D eigenvalue weighted by molar-refractivity contribution is 5.94. The normalized spacial score (nSPS) is 22.7. The standard InChI is InChI=1S/C18H29N5O/c1-3-16-7-5-6-8-23(16)17(24)15-13-19-18(20-14-15)22-11-9-21(4-2)10-12-22/h13-14,16H,3-12H2,1-2H3. The molecule has 0 saturated carbocycles. The Labute approximate surface area is 144 Å². The maximum atomic E-state index is 12.8. The van der Waals surface area contributed by atoms with Crippen molar-refractivity contribution in [3.8, 4) is 0 Å². The first kappa shape index (κ1) is 17.1. The molecule has 6 heteroatoms. The van der Waals surface area contributed by atoms with Gasteiger partial charge in [0.2, 0.25) is 5.95 Å². The van der Waals surface area contributed by atoms with Crippen LogP contribution in [0, 0.1) is 0 Å². The number of carbonyl (C=O) groups is 1. The van der Waals surface area contributed by atoms with E-state index in [2.05, 4.69) is 33.6 Å². The fourth-order valence-electron chi connectivity index (χ4n) is 3.72. The second kappa shape index (κ2) is 7.92. The van der Waals surface area contributed by atoms with Crippen LogP contribution in [-0.2, 0) is 0 Å². The van der Waals surface area contributed by atoms with E-state index in [1.807, 2.05) is 4.90 Å². The molecule has 1 amide bonds. The van der Waals surface area contributed by atoms with Crippen LogP contribution in [0.25, 0.3) is 0 Å². The number of anilines is 1. The lowest BCUT2D eigenvalue weighted by molar-refractivity contribution is 0.0607. The molecule has 1 aromatic rings. The summed E-state index contributed by atoms with van der Waals surface area (Å²) in [5.74, 6) is 0.830. The van der Waals surface area contributed by atoms with Gasteiger partial charge in [-0.25, -0.2) is 9.97 Å². The zero-order chi connectivity index (χ0) is 16.9. The number of hydrogen-bond donors (Lipinski definition) is 0. The smallest absolute Gasteiger partial charge is 0.257 e. The third-order valence-corrected chi connectivity index (χ3v) is 5.35. The second-order valence-corrected chi connectivity index (χ2v) is 6.75. The van der Waals surface area contributed by atoms with Gasteiger partial charge in [-0.2, -0.15) is 0 Å². The fourth-order valence-corrected chi connectivity index (χ4v) is 3.72. The lowest BCUT2D eigenvalue weighted by Gasteiger charge is -2.35. The third-order valence-electron chi connectivity index (χ3n) is 5.35. The van der Waals surface area contributed by atoms with Crippen molar-refractivity contribution in [2.24, 2.45) is 0 Å². The first-order chi connectivity index (χ1) is 11.7. The summed E-state index contributed by atoms with van der Waals surface area (Å²) < 4.78 is 0. The van der Waals surface area contributed by atoms with Crippen molar-refractivity contribution in [1.82, 2.24) is 19.8 Å². The molecular formula is C18H29N5O. The van der Waals surface area contributed by atoms with Crippen molar-refractivity contribution in [2.45, 2.75) is 45.6 Å². The molecule has 3 rings (SSSR count). The Bertz CT molecular complexity index is 539. The molecule has 1 aromatic heterocycles. The van der Waals surface area contributed by atoms with Gasteiger partial charge in [-0.3, -0.25) is 4.79 Å². The van der Waals surface area contributed by atoms with Crippen molar-refractivity contribution in [3.05, 3.63) is 18.0 Å². The van der Waals surface area contributed by atoms with Crippen LogP contribution >= 0.6 is 0 Å². The lowest BCUT2D eigenvalue weighted by atomic mass is 9.99. The molecule has 2 aliphatic heterocycles. The molecule has 2 fully saturated rings. The summed E-state index contributed by atoms with van der Waals surface area (Å²) in [6.45, 7) is 10.3. The minimum Gasteiger partial charge on any atom is -0.338 e. The highest BCUT2D eigenvalue weighted by Crippen LogP contribution is 2.22. The van der Waals surface area contributed by atoms with Crippen molar-refractivity contribution in [1.29, 1.82) is 0 Å². The van der Waals surface area contributed by atoms with E-state index in [1.54, 1.807) is 12.4 Å². The molecular weight excluding hydrogens is 302 g/mol. The average molecular weight is 331 g/mol. The van der Waals surface area contributed by atoms with Crippen molar-refractivity contribution in [3.63, 3.8) is 0 Å². The zero-order valence-corrected chi connectivity index (χ0v) is 14.9.